The third-order valence-corrected chi connectivity index (χ3v) is 3.50. The zero-order valence-corrected chi connectivity index (χ0v) is 13.2. The number of rotatable bonds is 5. The SMILES string of the molecule is O=C(NN=Cc1cc([N+](=O)[O-])ccc1Cl)c1cc(-c2ccco2)[nH]n1. The summed E-state index contributed by atoms with van der Waals surface area (Å²) in [6, 6.07) is 8.84. The fraction of sp³-hybridized carbons (Fsp3) is 0. The summed E-state index contributed by atoms with van der Waals surface area (Å²) in [5.74, 6) is -0.0229. The van der Waals surface area contributed by atoms with Crippen LogP contribution < -0.4 is 5.43 Å². The number of nitro benzene ring substituents is 1. The largest absolute Gasteiger partial charge is 0.463 e. The number of hydrazone groups is 1. The van der Waals surface area contributed by atoms with Crippen molar-refractivity contribution in [3.63, 3.8) is 0 Å². The van der Waals surface area contributed by atoms with Crippen LogP contribution in [-0.4, -0.2) is 27.2 Å². The van der Waals surface area contributed by atoms with Gasteiger partial charge in [0.2, 0.25) is 0 Å². The van der Waals surface area contributed by atoms with Gasteiger partial charge < -0.3 is 4.42 Å². The van der Waals surface area contributed by atoms with Gasteiger partial charge in [-0.1, -0.05) is 11.6 Å². The Bertz CT molecular complexity index is 949. The molecule has 0 aliphatic carbocycles. The van der Waals surface area contributed by atoms with Crippen LogP contribution in [0.5, 0.6) is 0 Å². The van der Waals surface area contributed by atoms with E-state index in [0.29, 0.717) is 17.0 Å². The number of hydrogen-bond donors (Lipinski definition) is 2. The summed E-state index contributed by atoms with van der Waals surface area (Å²) in [4.78, 5) is 22.2. The summed E-state index contributed by atoms with van der Waals surface area (Å²) in [6.45, 7) is 0. The van der Waals surface area contributed by atoms with Gasteiger partial charge in [-0.2, -0.15) is 10.2 Å². The van der Waals surface area contributed by atoms with Crippen LogP contribution in [0.25, 0.3) is 11.5 Å². The van der Waals surface area contributed by atoms with Gasteiger partial charge in [-0.3, -0.25) is 20.0 Å². The molecule has 0 fully saturated rings. The molecule has 9 nitrogen and oxygen atoms in total. The molecule has 0 saturated heterocycles. The van der Waals surface area contributed by atoms with Crippen molar-refractivity contribution in [1.29, 1.82) is 0 Å². The van der Waals surface area contributed by atoms with E-state index in [-0.39, 0.29) is 16.4 Å². The molecule has 10 heteroatoms. The van der Waals surface area contributed by atoms with Crippen molar-refractivity contribution in [2.75, 3.05) is 0 Å². The molecule has 3 rings (SSSR count). The number of furan rings is 1. The average Bonchev–Trinajstić information content (AvgIpc) is 3.27. The third-order valence-electron chi connectivity index (χ3n) is 3.16. The van der Waals surface area contributed by atoms with Crippen molar-refractivity contribution in [1.82, 2.24) is 15.6 Å². The fourth-order valence-corrected chi connectivity index (χ4v) is 2.12. The van der Waals surface area contributed by atoms with Crippen LogP contribution >= 0.6 is 11.6 Å². The maximum absolute atomic E-state index is 12.0. The number of nitrogens with one attached hydrogen (secondary N) is 2. The first-order chi connectivity index (χ1) is 12.0. The minimum absolute atomic E-state index is 0.105. The predicted molar refractivity (Wildman–Crippen MR) is 89.5 cm³/mol. The van der Waals surface area contributed by atoms with Crippen LogP contribution in [-0.2, 0) is 0 Å². The lowest BCUT2D eigenvalue weighted by Crippen LogP contribution is -2.18. The molecule has 3 aromatic rings. The van der Waals surface area contributed by atoms with Gasteiger partial charge in [0.1, 0.15) is 5.69 Å². The lowest BCUT2D eigenvalue weighted by Gasteiger charge is -1.98. The average molecular weight is 360 g/mol. The van der Waals surface area contributed by atoms with Crippen molar-refractivity contribution >= 4 is 29.4 Å². The number of carbonyl (C=O) groups excluding carboxylic acids is 1. The first-order valence-electron chi connectivity index (χ1n) is 6.91. The molecule has 1 aromatic carbocycles. The van der Waals surface area contributed by atoms with Crippen LogP contribution in [0.15, 0.2) is 52.2 Å². The Balaban J connectivity index is 1.69. The van der Waals surface area contributed by atoms with Gasteiger partial charge in [0.25, 0.3) is 11.6 Å². The second kappa shape index (κ2) is 6.97. The van der Waals surface area contributed by atoms with E-state index < -0.39 is 10.8 Å². The molecule has 126 valence electrons. The van der Waals surface area contributed by atoms with Crippen molar-refractivity contribution < 1.29 is 14.1 Å². The van der Waals surface area contributed by atoms with Crippen LogP contribution in [0, 0.1) is 10.1 Å². The van der Waals surface area contributed by atoms with E-state index in [2.05, 4.69) is 20.7 Å². The van der Waals surface area contributed by atoms with Crippen LogP contribution in [0.3, 0.4) is 0 Å². The van der Waals surface area contributed by atoms with Crippen molar-refractivity contribution in [2.45, 2.75) is 0 Å². The van der Waals surface area contributed by atoms with E-state index in [1.807, 2.05) is 0 Å². The maximum Gasteiger partial charge on any atom is 0.291 e. The van der Waals surface area contributed by atoms with E-state index in [9.17, 15) is 14.9 Å². The van der Waals surface area contributed by atoms with Gasteiger partial charge >= 0.3 is 0 Å². The van der Waals surface area contributed by atoms with Crippen LogP contribution in [0.2, 0.25) is 5.02 Å². The third kappa shape index (κ3) is 3.72. The first-order valence-corrected chi connectivity index (χ1v) is 7.29. The molecular formula is C15H10ClN5O4. The Hall–Kier alpha value is -3.46. The molecule has 25 heavy (non-hydrogen) atoms. The van der Waals surface area contributed by atoms with Gasteiger partial charge in [-0.25, -0.2) is 5.43 Å². The van der Waals surface area contributed by atoms with Gasteiger partial charge in [0, 0.05) is 28.8 Å². The fourth-order valence-electron chi connectivity index (χ4n) is 1.96. The maximum atomic E-state index is 12.0. The molecule has 0 unspecified atom stereocenters. The van der Waals surface area contributed by atoms with Gasteiger partial charge in [-0.15, -0.1) is 0 Å². The first kappa shape index (κ1) is 16.4. The summed E-state index contributed by atoms with van der Waals surface area (Å²) in [6.07, 6.45) is 2.72. The topological polar surface area (TPSA) is 126 Å². The number of H-pyrrole nitrogens is 1. The zero-order chi connectivity index (χ0) is 17.8. The molecule has 2 N–H and O–H groups in total. The number of nitrogens with zero attached hydrogens (tertiary/aromatic N) is 3. The Morgan fingerprint density at radius 2 is 2.24 bits per heavy atom. The number of aromatic nitrogens is 2. The van der Waals surface area contributed by atoms with Crippen molar-refractivity contribution in [3.8, 4) is 11.5 Å². The molecule has 1 amide bonds. The Morgan fingerprint density at radius 1 is 1.40 bits per heavy atom. The van der Waals surface area contributed by atoms with Gasteiger partial charge in [-0.05, 0) is 18.2 Å². The van der Waals surface area contributed by atoms with Crippen molar-refractivity contribution in [3.05, 3.63) is 69.1 Å². The van der Waals surface area contributed by atoms with Gasteiger partial charge in [0.15, 0.2) is 11.5 Å². The second-order valence-electron chi connectivity index (χ2n) is 4.81. The van der Waals surface area contributed by atoms with Crippen LogP contribution in [0.1, 0.15) is 16.1 Å². The summed E-state index contributed by atoms with van der Waals surface area (Å²) < 4.78 is 5.19. The number of nitro groups is 1. The second-order valence-corrected chi connectivity index (χ2v) is 5.21. The number of benzene rings is 1. The Kier molecular flexibility index (Phi) is 4.57. The highest BCUT2D eigenvalue weighted by atomic mass is 35.5. The summed E-state index contributed by atoms with van der Waals surface area (Å²) >= 11 is 5.94. The highest BCUT2D eigenvalue weighted by Crippen LogP contribution is 2.20. The summed E-state index contributed by atoms with van der Waals surface area (Å²) in [5, 5.41) is 21.3. The lowest BCUT2D eigenvalue weighted by molar-refractivity contribution is -0.384. The van der Waals surface area contributed by atoms with Crippen molar-refractivity contribution in [2.24, 2.45) is 5.10 Å². The number of hydrogen-bond acceptors (Lipinski definition) is 6. The highest BCUT2D eigenvalue weighted by molar-refractivity contribution is 6.33. The molecule has 0 atom stereocenters. The number of aromatic amines is 1. The minimum Gasteiger partial charge on any atom is -0.463 e. The molecule has 0 aliphatic rings. The molecule has 0 radical (unpaired) electrons. The van der Waals surface area contributed by atoms with Crippen LogP contribution in [0.4, 0.5) is 5.69 Å². The summed E-state index contributed by atoms with van der Waals surface area (Å²) in [7, 11) is 0. The van der Waals surface area contributed by atoms with E-state index >= 15 is 0 Å². The molecule has 2 aromatic heterocycles. The number of halogens is 1. The highest BCUT2D eigenvalue weighted by Gasteiger charge is 2.12. The number of non-ortho nitro benzene ring substituents is 1. The Labute approximate surface area is 145 Å². The zero-order valence-electron chi connectivity index (χ0n) is 12.5. The minimum atomic E-state index is -0.563. The van der Waals surface area contributed by atoms with E-state index in [0.717, 1.165) is 0 Å². The molecule has 0 bridgehead atoms. The molecule has 0 saturated carbocycles. The van der Waals surface area contributed by atoms with E-state index in [1.165, 1.54) is 36.7 Å². The van der Waals surface area contributed by atoms with E-state index in [4.69, 9.17) is 16.0 Å². The smallest absolute Gasteiger partial charge is 0.291 e. The summed E-state index contributed by atoms with van der Waals surface area (Å²) in [5.41, 5.74) is 3.09. The van der Waals surface area contributed by atoms with E-state index in [1.54, 1.807) is 12.1 Å². The lowest BCUT2D eigenvalue weighted by atomic mass is 10.2. The van der Waals surface area contributed by atoms with Gasteiger partial charge in [0.05, 0.1) is 17.4 Å². The Morgan fingerprint density at radius 3 is 2.96 bits per heavy atom. The normalized spacial score (nSPS) is 10.9. The molecule has 0 aliphatic heterocycles. The number of carbonyl (C=O) groups is 1. The predicted octanol–water partition coefficient (Wildman–Crippen LogP) is 3.00. The molecule has 2 heterocycles. The molecular weight excluding hydrogens is 350 g/mol. The molecule has 0 spiro atoms. The monoisotopic (exact) mass is 359 g/mol. The standard InChI is InChI=1S/C15H10ClN5O4/c16-11-4-3-10(21(23)24)6-9(11)8-17-20-15(22)13-7-12(18-19-13)14-2-1-5-25-14/h1-8H,(H,18,19)(H,20,22). The number of amides is 1. The quantitative estimate of drug-likeness (QED) is 0.411.